The molecule has 0 aliphatic heterocycles. The fraction of sp³-hybridized carbons (Fsp3) is 0.182. The number of nitrogens with zero attached hydrogens (tertiary/aromatic N) is 1. The van der Waals surface area contributed by atoms with Crippen molar-refractivity contribution < 1.29 is 22.3 Å². The summed E-state index contributed by atoms with van der Waals surface area (Å²) in [6.07, 6.45) is 0. The molecule has 1 atom stereocenters. The summed E-state index contributed by atoms with van der Waals surface area (Å²) >= 11 is 6.15. The van der Waals surface area contributed by atoms with E-state index in [0.717, 1.165) is 12.1 Å². The Kier molecular flexibility index (Phi) is 6.53. The first-order chi connectivity index (χ1) is 14.3. The third-order valence-corrected chi connectivity index (χ3v) is 6.82. The Labute approximate surface area is 180 Å². The Morgan fingerprint density at radius 2 is 1.67 bits per heavy atom. The van der Waals surface area contributed by atoms with E-state index in [0.29, 0.717) is 27.8 Å². The smallest absolute Gasteiger partial charge is 0.264 e. The van der Waals surface area contributed by atoms with E-state index in [4.69, 9.17) is 21.1 Å². The topological polar surface area (TPSA) is 55.8 Å². The number of anilines is 1. The van der Waals surface area contributed by atoms with Crippen LogP contribution in [-0.4, -0.2) is 22.6 Å². The summed E-state index contributed by atoms with van der Waals surface area (Å²) in [6.45, 7) is 1.74. The second-order valence-electron chi connectivity index (χ2n) is 6.52. The summed E-state index contributed by atoms with van der Waals surface area (Å²) < 4.78 is 52.6. The molecule has 8 heteroatoms. The summed E-state index contributed by atoms with van der Waals surface area (Å²) in [6, 6.07) is 15.7. The van der Waals surface area contributed by atoms with Gasteiger partial charge in [0, 0.05) is 10.6 Å². The minimum Gasteiger partial charge on any atom is -0.497 e. The van der Waals surface area contributed by atoms with Crippen LogP contribution in [0, 0.1) is 5.82 Å². The van der Waals surface area contributed by atoms with E-state index >= 15 is 0 Å². The van der Waals surface area contributed by atoms with Crippen molar-refractivity contribution in [2.24, 2.45) is 0 Å². The molecule has 0 spiro atoms. The van der Waals surface area contributed by atoms with Gasteiger partial charge in [0.15, 0.2) is 0 Å². The zero-order chi connectivity index (χ0) is 21.9. The quantitative estimate of drug-likeness (QED) is 0.481. The lowest BCUT2D eigenvalue weighted by molar-refractivity contribution is 0.396. The van der Waals surface area contributed by atoms with Crippen LogP contribution in [0.4, 0.5) is 10.1 Å². The fourth-order valence-electron chi connectivity index (χ4n) is 3.20. The van der Waals surface area contributed by atoms with Gasteiger partial charge in [-0.2, -0.15) is 0 Å². The molecule has 0 saturated carbocycles. The number of rotatable bonds is 7. The molecule has 3 aromatic rings. The zero-order valence-corrected chi connectivity index (χ0v) is 18.2. The number of halogens is 2. The number of benzene rings is 3. The Morgan fingerprint density at radius 1 is 0.967 bits per heavy atom. The molecule has 0 aliphatic rings. The minimum atomic E-state index is -4.07. The van der Waals surface area contributed by atoms with E-state index in [9.17, 15) is 12.8 Å². The maximum absolute atomic E-state index is 13.6. The Balaban J connectivity index is 2.21. The Hall–Kier alpha value is -2.77. The molecule has 0 saturated heterocycles. The van der Waals surface area contributed by atoms with Gasteiger partial charge in [0.2, 0.25) is 0 Å². The van der Waals surface area contributed by atoms with E-state index in [1.807, 2.05) is 0 Å². The molecular weight excluding hydrogens is 429 g/mol. The Morgan fingerprint density at radius 3 is 2.27 bits per heavy atom. The minimum absolute atomic E-state index is 0.0439. The lowest BCUT2D eigenvalue weighted by Crippen LogP contribution is -2.34. The van der Waals surface area contributed by atoms with Crippen molar-refractivity contribution in [3.05, 3.63) is 83.1 Å². The average Bonchev–Trinajstić information content (AvgIpc) is 2.73. The zero-order valence-electron chi connectivity index (χ0n) is 16.7. The molecule has 0 N–H and O–H groups in total. The molecule has 30 heavy (non-hydrogen) atoms. The van der Waals surface area contributed by atoms with Crippen LogP contribution < -0.4 is 13.8 Å². The van der Waals surface area contributed by atoms with Crippen molar-refractivity contribution in [3.63, 3.8) is 0 Å². The maximum Gasteiger partial charge on any atom is 0.264 e. The third kappa shape index (κ3) is 4.37. The molecule has 0 aromatic heterocycles. The first kappa shape index (κ1) is 21.9. The first-order valence-electron chi connectivity index (χ1n) is 9.05. The van der Waals surface area contributed by atoms with Crippen molar-refractivity contribution >= 4 is 27.3 Å². The number of methoxy groups -OCH3 is 2. The van der Waals surface area contributed by atoms with Crippen LogP contribution in [0.15, 0.2) is 71.6 Å². The predicted octanol–water partition coefficient (Wildman–Crippen LogP) is 5.45. The van der Waals surface area contributed by atoms with E-state index in [1.54, 1.807) is 49.4 Å². The number of hydrogen-bond donors (Lipinski definition) is 0. The molecule has 0 amide bonds. The Bertz CT molecular complexity index is 1140. The van der Waals surface area contributed by atoms with Crippen molar-refractivity contribution in [2.45, 2.75) is 17.9 Å². The molecule has 3 rings (SSSR count). The van der Waals surface area contributed by atoms with Gasteiger partial charge in [-0.15, -0.1) is 0 Å². The average molecular weight is 450 g/mol. The first-order valence-corrected chi connectivity index (χ1v) is 10.9. The second-order valence-corrected chi connectivity index (χ2v) is 8.77. The molecule has 0 radical (unpaired) electrons. The molecule has 0 heterocycles. The molecule has 3 aromatic carbocycles. The molecule has 0 fully saturated rings. The number of hydrogen-bond acceptors (Lipinski definition) is 4. The van der Waals surface area contributed by atoms with Gasteiger partial charge in [-0.3, -0.25) is 4.31 Å². The SMILES string of the molecule is COc1ccc(OC)c([C@H](C)N(c2cccc(Cl)c2)S(=O)(=O)c2ccc(F)cc2)c1. The molecule has 0 aliphatic carbocycles. The summed E-state index contributed by atoms with van der Waals surface area (Å²) in [7, 11) is -1.03. The van der Waals surface area contributed by atoms with E-state index in [2.05, 4.69) is 0 Å². The van der Waals surface area contributed by atoms with Crippen LogP contribution in [0.1, 0.15) is 18.5 Å². The third-order valence-electron chi connectivity index (χ3n) is 4.67. The van der Waals surface area contributed by atoms with Crippen molar-refractivity contribution in [1.82, 2.24) is 0 Å². The van der Waals surface area contributed by atoms with E-state index < -0.39 is 21.9 Å². The van der Waals surface area contributed by atoms with Crippen LogP contribution in [0.2, 0.25) is 5.02 Å². The van der Waals surface area contributed by atoms with Crippen molar-refractivity contribution in [1.29, 1.82) is 0 Å². The second kappa shape index (κ2) is 8.93. The standard InChI is InChI=1S/C22H21ClFNO4S/c1-15(21-14-19(28-2)9-12-22(21)29-3)25(18-6-4-5-16(23)13-18)30(26,27)20-10-7-17(24)8-11-20/h4-15H,1-3H3/t15-/m0/s1. The van der Waals surface area contributed by atoms with Gasteiger partial charge in [0.1, 0.15) is 17.3 Å². The van der Waals surface area contributed by atoms with E-state index in [-0.39, 0.29) is 4.90 Å². The van der Waals surface area contributed by atoms with Gasteiger partial charge in [-0.1, -0.05) is 17.7 Å². The van der Waals surface area contributed by atoms with Gasteiger partial charge in [0.05, 0.1) is 30.8 Å². The van der Waals surface area contributed by atoms with Gasteiger partial charge in [-0.05, 0) is 67.6 Å². The lowest BCUT2D eigenvalue weighted by Gasteiger charge is -2.32. The largest absolute Gasteiger partial charge is 0.497 e. The highest BCUT2D eigenvalue weighted by molar-refractivity contribution is 7.92. The molecule has 0 bridgehead atoms. The van der Waals surface area contributed by atoms with Crippen LogP contribution in [0.25, 0.3) is 0 Å². The normalized spacial score (nSPS) is 12.3. The summed E-state index contributed by atoms with van der Waals surface area (Å²) in [4.78, 5) is -0.0439. The molecular formula is C22H21ClFNO4S. The van der Waals surface area contributed by atoms with Gasteiger partial charge in [-0.25, -0.2) is 12.8 Å². The van der Waals surface area contributed by atoms with Crippen LogP contribution in [-0.2, 0) is 10.0 Å². The maximum atomic E-state index is 13.6. The van der Waals surface area contributed by atoms with Gasteiger partial charge in [0.25, 0.3) is 10.0 Å². The number of ether oxygens (including phenoxy) is 2. The summed E-state index contributed by atoms with van der Waals surface area (Å²) in [5.74, 6) is 0.540. The fourth-order valence-corrected chi connectivity index (χ4v) is 5.01. The van der Waals surface area contributed by atoms with Gasteiger partial charge >= 0.3 is 0 Å². The summed E-state index contributed by atoms with van der Waals surface area (Å²) in [5.41, 5.74) is 0.965. The summed E-state index contributed by atoms with van der Waals surface area (Å²) in [5, 5.41) is 0.386. The van der Waals surface area contributed by atoms with Crippen LogP contribution in [0.3, 0.4) is 0 Å². The number of sulfonamides is 1. The predicted molar refractivity (Wildman–Crippen MR) is 115 cm³/mol. The highest BCUT2D eigenvalue weighted by atomic mass is 35.5. The highest BCUT2D eigenvalue weighted by Gasteiger charge is 2.32. The van der Waals surface area contributed by atoms with Crippen molar-refractivity contribution in [2.75, 3.05) is 18.5 Å². The van der Waals surface area contributed by atoms with Crippen LogP contribution >= 0.6 is 11.6 Å². The van der Waals surface area contributed by atoms with Crippen LogP contribution in [0.5, 0.6) is 11.5 Å². The molecule has 158 valence electrons. The molecule has 5 nitrogen and oxygen atoms in total. The van der Waals surface area contributed by atoms with E-state index in [1.165, 1.54) is 30.7 Å². The molecule has 0 unspecified atom stereocenters. The van der Waals surface area contributed by atoms with Crippen molar-refractivity contribution in [3.8, 4) is 11.5 Å². The van der Waals surface area contributed by atoms with Gasteiger partial charge < -0.3 is 9.47 Å². The monoisotopic (exact) mass is 449 g/mol. The highest BCUT2D eigenvalue weighted by Crippen LogP contribution is 2.39. The lowest BCUT2D eigenvalue weighted by atomic mass is 10.1.